The molecule has 1 aromatic heterocycles. The maximum atomic E-state index is 12.0. The highest BCUT2D eigenvalue weighted by atomic mass is 16.2. The monoisotopic (exact) mass is 370 g/mol. The highest BCUT2D eigenvalue weighted by Crippen LogP contribution is 2.33. The molecule has 1 unspecified atom stereocenters. The van der Waals surface area contributed by atoms with Gasteiger partial charge in [0, 0.05) is 57.1 Å². The number of nitrogens with zero attached hydrogens (tertiary/aromatic N) is 4. The number of anilines is 1. The number of amides is 1. The lowest BCUT2D eigenvalue weighted by atomic mass is 9.94. The van der Waals surface area contributed by atoms with Gasteiger partial charge < -0.3 is 9.80 Å². The van der Waals surface area contributed by atoms with Crippen LogP contribution in [0, 0.1) is 6.92 Å². The number of piperazine rings is 1. The number of hydrogen-bond acceptors (Lipinski definition) is 4. The maximum absolute atomic E-state index is 12.0. The Morgan fingerprint density at radius 1 is 0.963 bits per heavy atom. The molecular formula is C22H34N4O. The van der Waals surface area contributed by atoms with E-state index in [1.54, 1.807) is 6.92 Å². The first-order valence-electron chi connectivity index (χ1n) is 10.9. The van der Waals surface area contributed by atoms with E-state index < -0.39 is 0 Å². The molecule has 0 radical (unpaired) electrons. The minimum absolute atomic E-state index is 0.157. The molecule has 0 N–H and O–H groups in total. The van der Waals surface area contributed by atoms with Crippen molar-refractivity contribution in [1.82, 2.24) is 14.8 Å². The normalized spacial score (nSPS) is 25.2. The molecule has 2 saturated heterocycles. The topological polar surface area (TPSA) is 39.7 Å². The molecule has 5 nitrogen and oxygen atoms in total. The third-order valence-electron chi connectivity index (χ3n) is 6.73. The van der Waals surface area contributed by atoms with Crippen LogP contribution in [0.15, 0.2) is 12.1 Å². The first-order valence-corrected chi connectivity index (χ1v) is 10.9. The van der Waals surface area contributed by atoms with Crippen molar-refractivity contribution < 1.29 is 4.79 Å². The average Bonchev–Trinajstić information content (AvgIpc) is 3.19. The summed E-state index contributed by atoms with van der Waals surface area (Å²) in [5.41, 5.74) is 3.43. The van der Waals surface area contributed by atoms with E-state index in [-0.39, 0.29) is 11.9 Å². The lowest BCUT2D eigenvalue weighted by molar-refractivity contribution is -0.129. The molecule has 1 atom stereocenters. The SMILES string of the molecule is CC(=O)N1CCCC1c1cc(N2CCN(C3CCCCC3)CC2)cc(C)n1. The molecule has 5 heteroatoms. The van der Waals surface area contributed by atoms with E-state index in [4.69, 9.17) is 4.98 Å². The average molecular weight is 371 g/mol. The van der Waals surface area contributed by atoms with Crippen LogP contribution in [0.3, 0.4) is 0 Å². The van der Waals surface area contributed by atoms with Crippen LogP contribution in [0.4, 0.5) is 5.69 Å². The van der Waals surface area contributed by atoms with Gasteiger partial charge in [-0.2, -0.15) is 0 Å². The fourth-order valence-electron chi connectivity index (χ4n) is 5.27. The quantitative estimate of drug-likeness (QED) is 0.816. The Labute approximate surface area is 163 Å². The standard InChI is InChI=1S/C22H34N4O/c1-17-15-20(16-21(23-17)22-9-6-10-26(22)18(2)27)25-13-11-24(12-14-25)19-7-4-3-5-8-19/h15-16,19,22H,3-14H2,1-2H3. The van der Waals surface area contributed by atoms with Gasteiger partial charge in [0.1, 0.15) is 0 Å². The molecule has 0 spiro atoms. The molecule has 2 aliphatic heterocycles. The summed E-state index contributed by atoms with van der Waals surface area (Å²) in [6.07, 6.45) is 9.13. The molecule has 27 heavy (non-hydrogen) atoms. The number of aromatic nitrogens is 1. The first-order chi connectivity index (χ1) is 13.1. The van der Waals surface area contributed by atoms with E-state index in [9.17, 15) is 4.79 Å². The van der Waals surface area contributed by atoms with Crippen molar-refractivity contribution in [3.63, 3.8) is 0 Å². The Hall–Kier alpha value is -1.62. The Kier molecular flexibility index (Phi) is 5.67. The summed E-state index contributed by atoms with van der Waals surface area (Å²) in [6.45, 7) is 9.17. The highest BCUT2D eigenvalue weighted by Gasteiger charge is 2.30. The van der Waals surface area contributed by atoms with E-state index in [1.165, 1.54) is 50.9 Å². The summed E-state index contributed by atoms with van der Waals surface area (Å²) in [7, 11) is 0. The van der Waals surface area contributed by atoms with Gasteiger partial charge in [0.15, 0.2) is 0 Å². The Morgan fingerprint density at radius 2 is 1.70 bits per heavy atom. The summed E-state index contributed by atoms with van der Waals surface area (Å²) < 4.78 is 0. The van der Waals surface area contributed by atoms with Gasteiger partial charge in [-0.15, -0.1) is 0 Å². The number of aryl methyl sites for hydroxylation is 1. The van der Waals surface area contributed by atoms with Gasteiger partial charge in [0.2, 0.25) is 5.91 Å². The molecule has 1 amide bonds. The molecule has 0 bridgehead atoms. The summed E-state index contributed by atoms with van der Waals surface area (Å²) in [6, 6.07) is 5.44. The van der Waals surface area contributed by atoms with Gasteiger partial charge in [-0.3, -0.25) is 14.7 Å². The number of rotatable bonds is 3. The van der Waals surface area contributed by atoms with Gasteiger partial charge in [-0.25, -0.2) is 0 Å². The van der Waals surface area contributed by atoms with Crippen molar-refractivity contribution in [3.05, 3.63) is 23.5 Å². The fraction of sp³-hybridized carbons (Fsp3) is 0.727. The van der Waals surface area contributed by atoms with Gasteiger partial charge in [-0.1, -0.05) is 19.3 Å². The molecule has 4 rings (SSSR count). The van der Waals surface area contributed by atoms with Crippen LogP contribution in [0.5, 0.6) is 0 Å². The number of carbonyl (C=O) groups is 1. The lowest BCUT2D eigenvalue weighted by Gasteiger charge is -2.41. The van der Waals surface area contributed by atoms with Crippen LogP contribution < -0.4 is 4.90 Å². The molecule has 1 aromatic rings. The fourth-order valence-corrected chi connectivity index (χ4v) is 5.27. The van der Waals surface area contributed by atoms with E-state index in [0.717, 1.165) is 49.9 Å². The molecule has 1 saturated carbocycles. The van der Waals surface area contributed by atoms with E-state index in [1.807, 2.05) is 4.90 Å². The number of pyridine rings is 1. The van der Waals surface area contributed by atoms with Gasteiger partial charge in [0.25, 0.3) is 0 Å². The van der Waals surface area contributed by atoms with Crippen LogP contribution in [0.2, 0.25) is 0 Å². The Bertz CT molecular complexity index is 662. The van der Waals surface area contributed by atoms with Crippen molar-refractivity contribution >= 4 is 11.6 Å². The lowest BCUT2D eigenvalue weighted by Crippen LogP contribution is -2.50. The van der Waals surface area contributed by atoms with Crippen LogP contribution in [0.1, 0.15) is 69.3 Å². The zero-order chi connectivity index (χ0) is 18.8. The predicted octanol–water partition coefficient (Wildman–Crippen LogP) is 3.53. The molecule has 3 fully saturated rings. The molecule has 148 valence electrons. The van der Waals surface area contributed by atoms with Crippen molar-refractivity contribution in [3.8, 4) is 0 Å². The summed E-state index contributed by atoms with van der Waals surface area (Å²) in [4.78, 5) is 24.0. The number of likely N-dealkylation sites (tertiary alicyclic amines) is 1. The molecule has 0 aromatic carbocycles. The largest absolute Gasteiger partial charge is 0.369 e. The second-order valence-corrected chi connectivity index (χ2v) is 8.58. The Balaban J connectivity index is 1.45. The smallest absolute Gasteiger partial charge is 0.220 e. The molecule has 3 aliphatic rings. The maximum Gasteiger partial charge on any atom is 0.220 e. The highest BCUT2D eigenvalue weighted by molar-refractivity contribution is 5.74. The summed E-state index contributed by atoms with van der Waals surface area (Å²) in [5.74, 6) is 0.170. The summed E-state index contributed by atoms with van der Waals surface area (Å²) in [5, 5.41) is 0. The van der Waals surface area contributed by atoms with Crippen LogP contribution in [-0.4, -0.2) is 59.5 Å². The van der Waals surface area contributed by atoms with Gasteiger partial charge in [0.05, 0.1) is 11.7 Å². The first kappa shape index (κ1) is 18.7. The van der Waals surface area contributed by atoms with Crippen molar-refractivity contribution in [2.24, 2.45) is 0 Å². The van der Waals surface area contributed by atoms with Crippen molar-refractivity contribution in [2.45, 2.75) is 70.9 Å². The van der Waals surface area contributed by atoms with E-state index in [2.05, 4.69) is 28.9 Å². The molecule has 1 aliphatic carbocycles. The van der Waals surface area contributed by atoms with Crippen LogP contribution >= 0.6 is 0 Å². The van der Waals surface area contributed by atoms with Gasteiger partial charge in [-0.05, 0) is 44.7 Å². The second-order valence-electron chi connectivity index (χ2n) is 8.58. The van der Waals surface area contributed by atoms with E-state index >= 15 is 0 Å². The molecular weight excluding hydrogens is 336 g/mol. The third kappa shape index (κ3) is 4.13. The minimum atomic E-state index is 0.157. The Morgan fingerprint density at radius 3 is 2.41 bits per heavy atom. The summed E-state index contributed by atoms with van der Waals surface area (Å²) >= 11 is 0. The van der Waals surface area contributed by atoms with Crippen LogP contribution in [0.25, 0.3) is 0 Å². The minimum Gasteiger partial charge on any atom is -0.369 e. The third-order valence-corrected chi connectivity index (χ3v) is 6.73. The number of carbonyl (C=O) groups excluding carboxylic acids is 1. The van der Waals surface area contributed by atoms with Crippen LogP contribution in [-0.2, 0) is 4.79 Å². The van der Waals surface area contributed by atoms with Gasteiger partial charge >= 0.3 is 0 Å². The molecule has 3 heterocycles. The van der Waals surface area contributed by atoms with Crippen molar-refractivity contribution in [1.29, 1.82) is 0 Å². The van der Waals surface area contributed by atoms with Crippen molar-refractivity contribution in [2.75, 3.05) is 37.6 Å². The number of hydrogen-bond donors (Lipinski definition) is 0. The van der Waals surface area contributed by atoms with E-state index in [0.29, 0.717) is 0 Å². The zero-order valence-electron chi connectivity index (χ0n) is 17.0. The zero-order valence-corrected chi connectivity index (χ0v) is 17.0. The predicted molar refractivity (Wildman–Crippen MR) is 109 cm³/mol. The second kappa shape index (κ2) is 8.17.